The summed E-state index contributed by atoms with van der Waals surface area (Å²) in [5, 5.41) is 0. The summed E-state index contributed by atoms with van der Waals surface area (Å²) in [5.74, 6) is -0.205. The average molecular weight is 376 g/mol. The second-order valence-corrected chi connectivity index (χ2v) is 7.24. The SMILES string of the molecule is CCCCCCCCOC(=O)C1CCN(C(=O)OCc2ccccc2)CC1. The molecule has 0 unspecified atom stereocenters. The van der Waals surface area contributed by atoms with E-state index < -0.39 is 0 Å². The van der Waals surface area contributed by atoms with Gasteiger partial charge in [-0.2, -0.15) is 0 Å². The Hall–Kier alpha value is -2.04. The highest BCUT2D eigenvalue weighted by molar-refractivity contribution is 5.73. The molecule has 2 rings (SSSR count). The Morgan fingerprint density at radius 3 is 2.33 bits per heavy atom. The van der Waals surface area contributed by atoms with Gasteiger partial charge < -0.3 is 14.4 Å². The van der Waals surface area contributed by atoms with Gasteiger partial charge in [0.25, 0.3) is 0 Å². The molecule has 1 heterocycles. The fourth-order valence-corrected chi connectivity index (χ4v) is 3.28. The van der Waals surface area contributed by atoms with Gasteiger partial charge in [0.15, 0.2) is 0 Å². The molecule has 0 aromatic heterocycles. The third-order valence-electron chi connectivity index (χ3n) is 5.03. The standard InChI is InChI=1S/C22H33NO4/c1-2-3-4-5-6-10-17-26-21(24)20-13-15-23(16-14-20)22(25)27-18-19-11-8-7-9-12-19/h7-9,11-12,20H,2-6,10,13-18H2,1H3. The largest absolute Gasteiger partial charge is 0.465 e. The molecule has 1 aromatic carbocycles. The second kappa shape index (κ2) is 12.4. The molecule has 27 heavy (non-hydrogen) atoms. The van der Waals surface area contributed by atoms with Gasteiger partial charge in [-0.05, 0) is 24.8 Å². The summed E-state index contributed by atoms with van der Waals surface area (Å²) in [7, 11) is 0. The van der Waals surface area contributed by atoms with Crippen LogP contribution in [0.5, 0.6) is 0 Å². The van der Waals surface area contributed by atoms with E-state index in [4.69, 9.17) is 9.47 Å². The van der Waals surface area contributed by atoms with Crippen molar-refractivity contribution in [3.05, 3.63) is 35.9 Å². The predicted octanol–water partition coefficient (Wildman–Crippen LogP) is 4.94. The van der Waals surface area contributed by atoms with Crippen LogP contribution < -0.4 is 0 Å². The lowest BCUT2D eigenvalue weighted by Crippen LogP contribution is -2.40. The van der Waals surface area contributed by atoms with Crippen molar-refractivity contribution in [1.29, 1.82) is 0 Å². The summed E-state index contributed by atoms with van der Waals surface area (Å²) in [6.07, 6.45) is 8.07. The molecule has 0 spiro atoms. The van der Waals surface area contributed by atoms with Crippen molar-refractivity contribution in [2.24, 2.45) is 5.92 Å². The van der Waals surface area contributed by atoms with E-state index in [2.05, 4.69) is 6.92 Å². The van der Waals surface area contributed by atoms with E-state index in [1.54, 1.807) is 4.90 Å². The van der Waals surface area contributed by atoms with Crippen LogP contribution in [0.1, 0.15) is 63.9 Å². The number of nitrogens with zero attached hydrogens (tertiary/aromatic N) is 1. The van der Waals surface area contributed by atoms with Crippen LogP contribution in [0.3, 0.4) is 0 Å². The Kier molecular flexibility index (Phi) is 9.74. The molecule has 1 fully saturated rings. The van der Waals surface area contributed by atoms with E-state index >= 15 is 0 Å². The maximum Gasteiger partial charge on any atom is 0.410 e. The molecule has 5 nitrogen and oxygen atoms in total. The quantitative estimate of drug-likeness (QED) is 0.429. The van der Waals surface area contributed by atoms with Gasteiger partial charge in [-0.3, -0.25) is 4.79 Å². The Morgan fingerprint density at radius 2 is 1.63 bits per heavy atom. The van der Waals surface area contributed by atoms with Crippen LogP contribution in [0.2, 0.25) is 0 Å². The van der Waals surface area contributed by atoms with Crippen molar-refractivity contribution < 1.29 is 19.1 Å². The summed E-state index contributed by atoms with van der Waals surface area (Å²) in [6, 6.07) is 9.64. The number of piperidine rings is 1. The lowest BCUT2D eigenvalue weighted by molar-refractivity contribution is -0.150. The molecule has 0 N–H and O–H groups in total. The van der Waals surface area contributed by atoms with Crippen molar-refractivity contribution >= 4 is 12.1 Å². The Balaban J connectivity index is 1.57. The van der Waals surface area contributed by atoms with Gasteiger partial charge >= 0.3 is 12.1 Å². The number of hydrogen-bond acceptors (Lipinski definition) is 4. The molecule has 0 aliphatic carbocycles. The third kappa shape index (κ3) is 8.02. The molecule has 1 aromatic rings. The number of esters is 1. The van der Waals surface area contributed by atoms with Crippen LogP contribution in [-0.2, 0) is 20.9 Å². The molecule has 150 valence electrons. The highest BCUT2D eigenvalue weighted by Gasteiger charge is 2.28. The van der Waals surface area contributed by atoms with Crippen molar-refractivity contribution in [3.63, 3.8) is 0 Å². The Labute approximate surface area is 163 Å². The zero-order chi connectivity index (χ0) is 19.3. The predicted molar refractivity (Wildman–Crippen MR) is 105 cm³/mol. The molecule has 5 heteroatoms. The highest BCUT2D eigenvalue weighted by atomic mass is 16.6. The first-order valence-corrected chi connectivity index (χ1v) is 10.3. The number of likely N-dealkylation sites (tertiary alicyclic amines) is 1. The van der Waals surface area contributed by atoms with Gasteiger partial charge in [0.05, 0.1) is 12.5 Å². The summed E-state index contributed by atoms with van der Waals surface area (Å²) >= 11 is 0. The molecular formula is C22H33NO4. The average Bonchev–Trinajstić information content (AvgIpc) is 2.72. The summed E-state index contributed by atoms with van der Waals surface area (Å²) in [5.41, 5.74) is 0.971. The molecule has 0 saturated carbocycles. The van der Waals surface area contributed by atoms with Crippen LogP contribution in [0.25, 0.3) is 0 Å². The Morgan fingerprint density at radius 1 is 0.963 bits per heavy atom. The van der Waals surface area contributed by atoms with Crippen molar-refractivity contribution in [1.82, 2.24) is 4.90 Å². The minimum atomic E-state index is -0.308. The minimum Gasteiger partial charge on any atom is -0.465 e. The van der Waals surface area contributed by atoms with Gasteiger partial charge in [-0.25, -0.2) is 4.79 Å². The van der Waals surface area contributed by atoms with Crippen LogP contribution in [0, 0.1) is 5.92 Å². The first kappa shape index (κ1) is 21.3. The Bertz CT molecular complexity index is 553. The molecule has 1 saturated heterocycles. The van der Waals surface area contributed by atoms with E-state index in [1.807, 2.05) is 30.3 Å². The summed E-state index contributed by atoms with van der Waals surface area (Å²) in [4.78, 5) is 26.0. The van der Waals surface area contributed by atoms with Crippen LogP contribution >= 0.6 is 0 Å². The lowest BCUT2D eigenvalue weighted by Gasteiger charge is -2.30. The maximum atomic E-state index is 12.2. The van der Waals surface area contributed by atoms with E-state index in [0.29, 0.717) is 32.5 Å². The topological polar surface area (TPSA) is 55.8 Å². The summed E-state index contributed by atoms with van der Waals surface area (Å²) in [6.45, 7) is 4.09. The fourth-order valence-electron chi connectivity index (χ4n) is 3.28. The summed E-state index contributed by atoms with van der Waals surface area (Å²) < 4.78 is 10.8. The number of unbranched alkanes of at least 4 members (excludes halogenated alkanes) is 5. The molecule has 1 aliphatic rings. The minimum absolute atomic E-state index is 0.0942. The zero-order valence-electron chi connectivity index (χ0n) is 16.5. The molecular weight excluding hydrogens is 342 g/mol. The number of benzene rings is 1. The van der Waals surface area contributed by atoms with E-state index in [0.717, 1.165) is 18.4 Å². The van der Waals surface area contributed by atoms with Gasteiger partial charge in [0.1, 0.15) is 6.61 Å². The van der Waals surface area contributed by atoms with Crippen molar-refractivity contribution in [3.8, 4) is 0 Å². The third-order valence-corrected chi connectivity index (χ3v) is 5.03. The van der Waals surface area contributed by atoms with Gasteiger partial charge in [-0.1, -0.05) is 69.4 Å². The van der Waals surface area contributed by atoms with E-state index in [1.165, 1.54) is 25.7 Å². The number of rotatable bonds is 10. The van der Waals surface area contributed by atoms with Gasteiger partial charge in [0, 0.05) is 13.1 Å². The first-order chi connectivity index (χ1) is 13.2. The maximum absolute atomic E-state index is 12.2. The van der Waals surface area contributed by atoms with Gasteiger partial charge in [0.2, 0.25) is 0 Å². The second-order valence-electron chi connectivity index (χ2n) is 7.24. The van der Waals surface area contributed by atoms with Crippen LogP contribution in [-0.4, -0.2) is 36.7 Å². The number of carbonyl (C=O) groups is 2. The first-order valence-electron chi connectivity index (χ1n) is 10.3. The highest BCUT2D eigenvalue weighted by Crippen LogP contribution is 2.20. The van der Waals surface area contributed by atoms with Crippen LogP contribution in [0.4, 0.5) is 4.79 Å². The number of hydrogen-bond donors (Lipinski definition) is 0. The molecule has 1 aliphatic heterocycles. The van der Waals surface area contributed by atoms with E-state index in [-0.39, 0.29) is 24.6 Å². The van der Waals surface area contributed by atoms with E-state index in [9.17, 15) is 9.59 Å². The number of amides is 1. The smallest absolute Gasteiger partial charge is 0.410 e. The number of ether oxygens (including phenoxy) is 2. The normalized spacial score (nSPS) is 14.8. The van der Waals surface area contributed by atoms with Crippen LogP contribution in [0.15, 0.2) is 30.3 Å². The van der Waals surface area contributed by atoms with Crippen molar-refractivity contribution in [2.45, 2.75) is 64.9 Å². The number of carbonyl (C=O) groups excluding carboxylic acids is 2. The molecule has 0 bridgehead atoms. The molecule has 0 atom stereocenters. The fraction of sp³-hybridized carbons (Fsp3) is 0.636. The van der Waals surface area contributed by atoms with Crippen molar-refractivity contribution in [2.75, 3.05) is 19.7 Å². The molecule has 1 amide bonds. The zero-order valence-corrected chi connectivity index (χ0v) is 16.5. The van der Waals surface area contributed by atoms with Gasteiger partial charge in [-0.15, -0.1) is 0 Å². The monoisotopic (exact) mass is 375 g/mol. The lowest BCUT2D eigenvalue weighted by atomic mass is 9.97. The molecule has 0 radical (unpaired) electrons.